The first-order valence-corrected chi connectivity index (χ1v) is 18.3. The van der Waals surface area contributed by atoms with E-state index in [9.17, 15) is 27.6 Å². The van der Waals surface area contributed by atoms with Gasteiger partial charge in [-0.3, -0.25) is 38.9 Å². The molecule has 5 aromatic rings. The SMILES string of the molecule is Cn1nc(C2CCC(=O)NC2=O)c2cccc([C@@H]3CCN(CC4CCC(n5cc6cc(NC(=O)c7cncc(C(F)(F)F)n7)ccc6n5)CC4)CC3(F)F)c21. The number of piperidine rings is 2. The van der Waals surface area contributed by atoms with E-state index >= 15 is 8.78 Å². The van der Waals surface area contributed by atoms with Gasteiger partial charge in [-0.2, -0.15) is 23.4 Å². The predicted molar refractivity (Wildman–Crippen MR) is 190 cm³/mol. The van der Waals surface area contributed by atoms with E-state index in [0.717, 1.165) is 37.3 Å². The number of hydrogen-bond acceptors (Lipinski definition) is 8. The first-order valence-electron chi connectivity index (χ1n) is 18.3. The van der Waals surface area contributed by atoms with Crippen LogP contribution in [-0.2, 0) is 22.8 Å². The molecule has 12 nitrogen and oxygen atoms in total. The summed E-state index contributed by atoms with van der Waals surface area (Å²) >= 11 is 0. The van der Waals surface area contributed by atoms with Crippen LogP contribution in [0, 0.1) is 5.92 Å². The second kappa shape index (κ2) is 14.1. The molecule has 1 unspecified atom stereocenters. The van der Waals surface area contributed by atoms with Gasteiger partial charge < -0.3 is 5.32 Å². The molecule has 8 rings (SSSR count). The number of aromatic nitrogens is 6. The van der Waals surface area contributed by atoms with Crippen LogP contribution in [0.4, 0.5) is 27.6 Å². The molecule has 3 amide bonds. The van der Waals surface area contributed by atoms with Crippen molar-refractivity contribution in [2.75, 3.05) is 25.0 Å². The van der Waals surface area contributed by atoms with Crippen LogP contribution in [0.15, 0.2) is 55.0 Å². The second-order valence-corrected chi connectivity index (χ2v) is 14.9. The van der Waals surface area contributed by atoms with Crippen molar-refractivity contribution >= 4 is 45.2 Å². The average molecular weight is 764 g/mol. The number of aryl methyl sites for hydroxylation is 1. The van der Waals surface area contributed by atoms with Gasteiger partial charge in [0.1, 0.15) is 5.69 Å². The summed E-state index contributed by atoms with van der Waals surface area (Å²) in [6.45, 7) is 0.749. The van der Waals surface area contributed by atoms with Gasteiger partial charge in [0.25, 0.3) is 11.8 Å². The Morgan fingerprint density at radius 2 is 1.82 bits per heavy atom. The molecular weight excluding hydrogens is 725 g/mol. The molecule has 0 spiro atoms. The molecule has 3 fully saturated rings. The average Bonchev–Trinajstić information content (AvgIpc) is 3.72. The summed E-state index contributed by atoms with van der Waals surface area (Å²) in [5, 5.41) is 15.7. The Balaban J connectivity index is 0.878. The third-order valence-electron chi connectivity index (χ3n) is 11.2. The lowest BCUT2D eigenvalue weighted by Crippen LogP contribution is -2.49. The summed E-state index contributed by atoms with van der Waals surface area (Å²) in [6, 6.07) is 10.4. The molecule has 5 heterocycles. The molecule has 2 aliphatic heterocycles. The summed E-state index contributed by atoms with van der Waals surface area (Å²) in [5.74, 6) is -5.92. The maximum Gasteiger partial charge on any atom is 0.434 e. The number of nitrogens with zero attached hydrogens (tertiary/aromatic N) is 7. The van der Waals surface area contributed by atoms with Crippen molar-refractivity contribution < 1.29 is 36.3 Å². The molecule has 17 heteroatoms. The number of rotatable bonds is 7. The fourth-order valence-electron chi connectivity index (χ4n) is 8.51. The van der Waals surface area contributed by atoms with Crippen molar-refractivity contribution in [1.82, 2.24) is 39.7 Å². The van der Waals surface area contributed by atoms with Gasteiger partial charge in [0.15, 0.2) is 5.69 Å². The standard InChI is InChI=1S/C38H38F5N9O3/c1-50-34-25(3-2-4-26(34)33(49-50)27-10-12-32(53)47-35(27)54)28-13-14-51(20-37(28,39)40)18-21-5-8-24(9-6-21)52-19-22-15-23(7-11-29(22)48-52)45-36(55)30-16-44-17-31(46-30)38(41,42)43/h2-4,7,11,15-17,19,21,24,27-28H,5-6,8-10,12-14,18,20H2,1H3,(H,45,55)(H,47,53,54)/t21?,24?,27?,28-/m0/s1. The Morgan fingerprint density at radius 1 is 1.02 bits per heavy atom. The van der Waals surface area contributed by atoms with Gasteiger partial charge in [0.2, 0.25) is 11.8 Å². The van der Waals surface area contributed by atoms with Crippen LogP contribution >= 0.6 is 0 Å². The number of imide groups is 1. The monoisotopic (exact) mass is 763 g/mol. The lowest BCUT2D eigenvalue weighted by atomic mass is 9.82. The van der Waals surface area contributed by atoms with Crippen LogP contribution < -0.4 is 10.6 Å². The van der Waals surface area contributed by atoms with Crippen molar-refractivity contribution in [3.8, 4) is 0 Å². The van der Waals surface area contributed by atoms with E-state index in [-0.39, 0.29) is 37.3 Å². The predicted octanol–water partition coefficient (Wildman–Crippen LogP) is 6.36. The normalized spacial score (nSPS) is 23.6. The zero-order chi connectivity index (χ0) is 38.6. The van der Waals surface area contributed by atoms with Crippen LogP contribution in [0.3, 0.4) is 0 Å². The molecule has 2 N–H and O–H groups in total. The zero-order valence-electron chi connectivity index (χ0n) is 29.8. The highest BCUT2D eigenvalue weighted by Gasteiger charge is 2.47. The molecule has 55 heavy (non-hydrogen) atoms. The molecule has 1 aliphatic carbocycles. The maximum absolute atomic E-state index is 16.1. The van der Waals surface area contributed by atoms with Crippen LogP contribution in [0.5, 0.6) is 0 Å². The Hall–Kier alpha value is -5.32. The van der Waals surface area contributed by atoms with Gasteiger partial charge in [0, 0.05) is 42.7 Å². The van der Waals surface area contributed by atoms with Crippen LogP contribution in [0.25, 0.3) is 21.8 Å². The Morgan fingerprint density at radius 3 is 2.56 bits per heavy atom. The number of halogens is 5. The highest BCUT2D eigenvalue weighted by molar-refractivity contribution is 6.04. The van der Waals surface area contributed by atoms with Gasteiger partial charge in [-0.25, -0.2) is 13.8 Å². The van der Waals surface area contributed by atoms with E-state index in [2.05, 4.69) is 25.7 Å². The highest BCUT2D eigenvalue weighted by atomic mass is 19.4. The molecule has 3 aliphatic rings. The number of amides is 3. The number of anilines is 1. The van der Waals surface area contributed by atoms with E-state index in [4.69, 9.17) is 5.10 Å². The summed E-state index contributed by atoms with van der Waals surface area (Å²) in [5.41, 5.74) is 0.963. The Labute approximate surface area is 311 Å². The first-order chi connectivity index (χ1) is 26.2. The maximum atomic E-state index is 16.1. The van der Waals surface area contributed by atoms with E-state index in [1.165, 1.54) is 0 Å². The Bertz CT molecular complexity index is 2300. The van der Waals surface area contributed by atoms with Crippen LogP contribution in [0.2, 0.25) is 0 Å². The molecular formula is C38H38F5N9O3. The molecule has 3 aromatic heterocycles. The van der Waals surface area contributed by atoms with Gasteiger partial charge in [-0.15, -0.1) is 0 Å². The molecule has 2 saturated heterocycles. The largest absolute Gasteiger partial charge is 0.434 e. The minimum Gasteiger partial charge on any atom is -0.321 e. The molecule has 2 atom stereocenters. The second-order valence-electron chi connectivity index (χ2n) is 14.9. The van der Waals surface area contributed by atoms with Crippen molar-refractivity contribution in [2.24, 2.45) is 13.0 Å². The van der Waals surface area contributed by atoms with Crippen molar-refractivity contribution in [3.63, 3.8) is 0 Å². The zero-order valence-corrected chi connectivity index (χ0v) is 29.8. The summed E-state index contributed by atoms with van der Waals surface area (Å²) in [7, 11) is 1.71. The number of hydrogen-bond donors (Lipinski definition) is 2. The first kappa shape index (κ1) is 36.6. The number of likely N-dealkylation sites (tertiary alicyclic amines) is 1. The molecule has 2 aromatic carbocycles. The van der Waals surface area contributed by atoms with E-state index < -0.39 is 47.1 Å². The number of benzene rings is 2. The van der Waals surface area contributed by atoms with Crippen molar-refractivity contribution in [2.45, 2.75) is 74.9 Å². The number of para-hydroxylation sites is 1. The van der Waals surface area contributed by atoms with Crippen LogP contribution in [0.1, 0.15) is 90.3 Å². The third-order valence-corrected chi connectivity index (χ3v) is 11.2. The number of carbonyl (C=O) groups excluding carboxylic acids is 3. The minimum atomic E-state index is -4.73. The number of fused-ring (bicyclic) bond motifs is 2. The number of carbonyl (C=O) groups is 3. The van der Waals surface area contributed by atoms with E-state index in [1.807, 2.05) is 15.8 Å². The smallest absolute Gasteiger partial charge is 0.321 e. The quantitative estimate of drug-likeness (QED) is 0.144. The van der Waals surface area contributed by atoms with Gasteiger partial charge >= 0.3 is 6.18 Å². The molecule has 0 bridgehead atoms. The third kappa shape index (κ3) is 7.28. The molecule has 288 valence electrons. The van der Waals surface area contributed by atoms with Crippen LogP contribution in [-0.4, -0.2) is 77.7 Å². The lowest BCUT2D eigenvalue weighted by Gasteiger charge is -2.41. The highest BCUT2D eigenvalue weighted by Crippen LogP contribution is 2.45. The minimum absolute atomic E-state index is 0.110. The number of alkyl halides is 5. The van der Waals surface area contributed by atoms with Gasteiger partial charge in [-0.05, 0) is 74.8 Å². The molecule has 1 saturated carbocycles. The fourth-order valence-corrected chi connectivity index (χ4v) is 8.51. The fraction of sp³-hybridized carbons (Fsp3) is 0.447. The van der Waals surface area contributed by atoms with Crippen molar-refractivity contribution in [3.05, 3.63) is 77.6 Å². The van der Waals surface area contributed by atoms with Gasteiger partial charge in [-0.1, -0.05) is 18.2 Å². The molecule has 0 radical (unpaired) electrons. The topological polar surface area (TPSA) is 140 Å². The van der Waals surface area contributed by atoms with Crippen molar-refractivity contribution in [1.29, 1.82) is 0 Å². The summed E-state index contributed by atoms with van der Waals surface area (Å²) < 4.78 is 74.7. The lowest BCUT2D eigenvalue weighted by molar-refractivity contribution is -0.141. The summed E-state index contributed by atoms with van der Waals surface area (Å²) in [6.07, 6.45) is 2.82. The van der Waals surface area contributed by atoms with E-state index in [1.54, 1.807) is 48.1 Å². The summed E-state index contributed by atoms with van der Waals surface area (Å²) in [4.78, 5) is 45.7. The van der Waals surface area contributed by atoms with E-state index in [0.29, 0.717) is 59.1 Å². The van der Waals surface area contributed by atoms with Gasteiger partial charge in [0.05, 0.1) is 53.5 Å². The Kier molecular flexibility index (Phi) is 9.38. The number of nitrogens with one attached hydrogen (secondary N) is 2.